The van der Waals surface area contributed by atoms with Crippen molar-refractivity contribution in [2.45, 2.75) is 112 Å². The van der Waals surface area contributed by atoms with Crippen LogP contribution in [0.5, 0.6) is 0 Å². The molecule has 0 aliphatic carbocycles. The zero-order chi connectivity index (χ0) is 24.8. The van der Waals surface area contributed by atoms with Gasteiger partial charge in [0.2, 0.25) is 0 Å². The number of hydrogen-bond acceptors (Lipinski definition) is 5. The second kappa shape index (κ2) is 14.8. The Bertz CT molecular complexity index is 504. The van der Waals surface area contributed by atoms with E-state index in [2.05, 4.69) is 0 Å². The van der Waals surface area contributed by atoms with Crippen molar-refractivity contribution in [1.82, 2.24) is 0 Å². The molecule has 0 atom stereocenters. The quantitative estimate of drug-likeness (QED) is 0.212. The second-order valence-corrected chi connectivity index (χ2v) is 9.15. The fourth-order valence-electron chi connectivity index (χ4n) is 3.35. The van der Waals surface area contributed by atoms with Gasteiger partial charge in [0, 0.05) is 7.04 Å². The smallest absolute Gasteiger partial charge is 0.311 e. The van der Waals surface area contributed by atoms with Gasteiger partial charge < -0.3 is 14.2 Å². The second-order valence-electron chi connectivity index (χ2n) is 9.15. The van der Waals surface area contributed by atoms with Crippen LogP contribution in [0.15, 0.2) is 0 Å². The fourth-order valence-corrected chi connectivity index (χ4v) is 3.35. The number of ether oxygens (including phenoxy) is 3. The van der Waals surface area contributed by atoms with Gasteiger partial charge in [-0.05, 0) is 67.2 Å². The SMILES string of the molecule is [2H]C([2H])([2H])OC(CCCCCC(C)(C)C(=O)OCC)CCCCCC(C)(C)C(=O)OCC. The molecule has 172 valence electrons. The summed E-state index contributed by atoms with van der Waals surface area (Å²) < 4.78 is 37.9. The van der Waals surface area contributed by atoms with Gasteiger partial charge in [-0.25, -0.2) is 0 Å². The van der Waals surface area contributed by atoms with E-state index in [-0.39, 0.29) is 18.0 Å². The van der Waals surface area contributed by atoms with Crippen molar-refractivity contribution in [2.75, 3.05) is 20.3 Å². The van der Waals surface area contributed by atoms with Crippen LogP contribution < -0.4 is 0 Å². The van der Waals surface area contributed by atoms with Gasteiger partial charge in [-0.15, -0.1) is 0 Å². The van der Waals surface area contributed by atoms with E-state index in [1.807, 2.05) is 27.7 Å². The first-order valence-electron chi connectivity index (χ1n) is 12.8. The Morgan fingerprint density at radius 2 is 1.17 bits per heavy atom. The third kappa shape index (κ3) is 12.2. The number of hydrogen-bond donors (Lipinski definition) is 0. The summed E-state index contributed by atoms with van der Waals surface area (Å²) in [5.41, 5.74) is -0.996. The Kier molecular flexibility index (Phi) is 11.5. The maximum atomic E-state index is 12.0. The maximum Gasteiger partial charge on any atom is 0.311 e. The highest BCUT2D eigenvalue weighted by Crippen LogP contribution is 2.27. The molecule has 0 N–H and O–H groups in total. The number of methoxy groups -OCH3 is 1. The molecule has 0 radical (unpaired) electrons. The molecule has 0 rings (SSSR count). The van der Waals surface area contributed by atoms with E-state index in [4.69, 9.17) is 18.3 Å². The molecule has 0 heterocycles. The summed E-state index contributed by atoms with van der Waals surface area (Å²) in [5, 5.41) is 0. The van der Waals surface area contributed by atoms with Crippen molar-refractivity contribution >= 4 is 11.9 Å². The van der Waals surface area contributed by atoms with Gasteiger partial charge in [0.1, 0.15) is 0 Å². The topological polar surface area (TPSA) is 61.8 Å². The minimum atomic E-state index is -2.40. The largest absolute Gasteiger partial charge is 0.466 e. The van der Waals surface area contributed by atoms with E-state index in [1.165, 1.54) is 0 Å². The van der Waals surface area contributed by atoms with Crippen LogP contribution in [0.4, 0.5) is 0 Å². The monoisotopic (exact) mass is 417 g/mol. The Labute approximate surface area is 183 Å². The van der Waals surface area contributed by atoms with Crippen LogP contribution in [0.25, 0.3) is 0 Å². The predicted molar refractivity (Wildman–Crippen MR) is 118 cm³/mol. The van der Waals surface area contributed by atoms with Gasteiger partial charge >= 0.3 is 11.9 Å². The van der Waals surface area contributed by atoms with E-state index in [0.717, 1.165) is 51.4 Å². The molecule has 0 aromatic heterocycles. The lowest BCUT2D eigenvalue weighted by Gasteiger charge is -2.22. The highest BCUT2D eigenvalue weighted by Gasteiger charge is 2.29. The lowest BCUT2D eigenvalue weighted by Crippen LogP contribution is -2.26. The van der Waals surface area contributed by atoms with Crippen LogP contribution in [0, 0.1) is 10.8 Å². The van der Waals surface area contributed by atoms with Crippen LogP contribution in [0.1, 0.15) is 110 Å². The van der Waals surface area contributed by atoms with E-state index in [1.54, 1.807) is 13.8 Å². The van der Waals surface area contributed by atoms with E-state index in [0.29, 0.717) is 26.1 Å². The molecule has 0 spiro atoms. The van der Waals surface area contributed by atoms with Crippen molar-refractivity contribution in [3.8, 4) is 0 Å². The maximum absolute atomic E-state index is 12.0. The molecule has 0 aromatic carbocycles. The molecular weight excluding hydrogens is 368 g/mol. The average molecular weight is 418 g/mol. The Morgan fingerprint density at radius 1 is 0.759 bits per heavy atom. The van der Waals surface area contributed by atoms with Crippen molar-refractivity contribution in [1.29, 1.82) is 0 Å². The van der Waals surface area contributed by atoms with Gasteiger partial charge in [-0.2, -0.15) is 0 Å². The van der Waals surface area contributed by atoms with Crippen molar-refractivity contribution in [2.24, 2.45) is 10.8 Å². The molecule has 0 fully saturated rings. The van der Waals surface area contributed by atoms with E-state index in [9.17, 15) is 9.59 Å². The van der Waals surface area contributed by atoms with Gasteiger partial charge in [0.05, 0.1) is 34.3 Å². The summed E-state index contributed by atoms with van der Waals surface area (Å²) in [6, 6.07) is 0. The molecular formula is C24H46O5. The molecule has 0 aliphatic rings. The number of unbranched alkanes of at least 4 members (excludes halogenated alkanes) is 4. The zero-order valence-electron chi connectivity index (χ0n) is 22.6. The highest BCUT2D eigenvalue weighted by molar-refractivity contribution is 5.76. The fraction of sp³-hybridized carbons (Fsp3) is 0.917. The van der Waals surface area contributed by atoms with Crippen molar-refractivity contribution < 1.29 is 27.9 Å². The third-order valence-corrected chi connectivity index (χ3v) is 5.48. The number of carbonyl (C=O) groups excluding carboxylic acids is 2. The summed E-state index contributed by atoms with van der Waals surface area (Å²) in [6.07, 6.45) is 7.86. The summed E-state index contributed by atoms with van der Waals surface area (Å²) in [6.45, 7) is 12.0. The first-order chi connectivity index (χ1) is 14.7. The lowest BCUT2D eigenvalue weighted by atomic mass is 9.86. The molecule has 0 amide bonds. The summed E-state index contributed by atoms with van der Waals surface area (Å²) in [7, 11) is -2.40. The minimum absolute atomic E-state index is 0.172. The van der Waals surface area contributed by atoms with Crippen LogP contribution in [-0.2, 0) is 23.8 Å². The Balaban J connectivity index is 4.34. The Morgan fingerprint density at radius 3 is 1.52 bits per heavy atom. The number of carbonyl (C=O) groups is 2. The molecule has 5 heteroatoms. The van der Waals surface area contributed by atoms with E-state index >= 15 is 0 Å². The zero-order valence-corrected chi connectivity index (χ0v) is 19.6. The third-order valence-electron chi connectivity index (χ3n) is 5.48. The van der Waals surface area contributed by atoms with Crippen LogP contribution in [-0.4, -0.2) is 38.3 Å². The molecule has 0 aromatic rings. The molecule has 0 unspecified atom stereocenters. The van der Waals surface area contributed by atoms with Crippen LogP contribution >= 0.6 is 0 Å². The molecule has 0 saturated carbocycles. The van der Waals surface area contributed by atoms with Crippen molar-refractivity contribution in [3.63, 3.8) is 0 Å². The first kappa shape index (κ1) is 22.6. The summed E-state index contributed by atoms with van der Waals surface area (Å²) in [5.74, 6) is -0.343. The summed E-state index contributed by atoms with van der Waals surface area (Å²) >= 11 is 0. The van der Waals surface area contributed by atoms with Gasteiger partial charge in [0.15, 0.2) is 0 Å². The molecule has 5 nitrogen and oxygen atoms in total. The number of rotatable bonds is 17. The highest BCUT2D eigenvalue weighted by atomic mass is 16.5. The first-order valence-corrected chi connectivity index (χ1v) is 11.3. The average Bonchev–Trinajstić information content (AvgIpc) is 2.66. The summed E-state index contributed by atoms with van der Waals surface area (Å²) in [4.78, 5) is 23.9. The van der Waals surface area contributed by atoms with Crippen molar-refractivity contribution in [3.05, 3.63) is 0 Å². The minimum Gasteiger partial charge on any atom is -0.466 e. The standard InChI is InChI=1S/C24H46O5/c1-8-28-21(25)23(3,4)18-14-10-12-16-20(27-7)17-13-11-15-19-24(5,6)22(26)29-9-2/h20H,8-19H2,1-7H3/i7D3. The van der Waals surface area contributed by atoms with Crippen LogP contribution in [0.3, 0.4) is 0 Å². The molecule has 0 aliphatic heterocycles. The van der Waals surface area contributed by atoms with E-state index < -0.39 is 17.9 Å². The van der Waals surface area contributed by atoms with Crippen LogP contribution in [0.2, 0.25) is 0 Å². The lowest BCUT2D eigenvalue weighted by molar-refractivity contribution is -0.154. The van der Waals surface area contributed by atoms with Gasteiger partial charge in [0.25, 0.3) is 0 Å². The Hall–Kier alpha value is -1.10. The van der Waals surface area contributed by atoms with Gasteiger partial charge in [-0.1, -0.05) is 38.5 Å². The predicted octanol–water partition coefficient (Wildman–Crippen LogP) is 6.08. The normalized spacial score (nSPS) is 14.2. The molecule has 0 saturated heterocycles. The molecule has 0 bridgehead atoms. The van der Waals surface area contributed by atoms with Gasteiger partial charge in [-0.3, -0.25) is 9.59 Å². The molecule has 29 heavy (non-hydrogen) atoms. The number of esters is 2.